The molecule has 22 heavy (non-hydrogen) atoms. The van der Waals surface area contributed by atoms with Crippen LogP contribution in [0.15, 0.2) is 23.2 Å². The van der Waals surface area contributed by atoms with Crippen LogP contribution in [0.3, 0.4) is 0 Å². The predicted octanol–water partition coefficient (Wildman–Crippen LogP) is 1.51. The summed E-state index contributed by atoms with van der Waals surface area (Å²) >= 11 is 0. The summed E-state index contributed by atoms with van der Waals surface area (Å²) in [6.07, 6.45) is 0. The van der Waals surface area contributed by atoms with Gasteiger partial charge in [-0.15, -0.1) is 24.0 Å². The molecule has 1 amide bonds. The van der Waals surface area contributed by atoms with E-state index in [2.05, 4.69) is 16.4 Å². The lowest BCUT2D eigenvalue weighted by Gasteiger charge is -2.26. The Morgan fingerprint density at radius 1 is 1.27 bits per heavy atom. The molecule has 122 valence electrons. The zero-order valence-corrected chi connectivity index (χ0v) is 15.3. The van der Waals surface area contributed by atoms with Crippen LogP contribution in [0.4, 0.5) is 5.69 Å². The van der Waals surface area contributed by atoms with Crippen molar-refractivity contribution in [3.63, 3.8) is 0 Å². The Hall–Kier alpha value is -1.35. The number of aryl methyl sites for hydroxylation is 2. The lowest BCUT2D eigenvalue weighted by Crippen LogP contribution is -2.42. The van der Waals surface area contributed by atoms with Crippen LogP contribution >= 0.6 is 24.0 Å². The van der Waals surface area contributed by atoms with Crippen LogP contribution in [0.2, 0.25) is 0 Å². The summed E-state index contributed by atoms with van der Waals surface area (Å²) in [5, 5.41) is 3.01. The molecular formula is C15H23IN4O2. The van der Waals surface area contributed by atoms with Crippen LogP contribution in [-0.4, -0.2) is 49.6 Å². The number of anilines is 1. The number of hydrogen-bond donors (Lipinski definition) is 2. The Bertz CT molecular complexity index is 522. The third-order valence-electron chi connectivity index (χ3n) is 3.24. The topological polar surface area (TPSA) is 79.9 Å². The SMILES string of the molecule is Cc1cc(C)cc(NC(N)=NCC(=O)N2CCOCC2)c1.I. The molecule has 1 heterocycles. The van der Waals surface area contributed by atoms with Crippen molar-refractivity contribution >= 4 is 41.5 Å². The highest BCUT2D eigenvalue weighted by atomic mass is 127. The van der Waals surface area contributed by atoms with E-state index in [1.54, 1.807) is 4.90 Å². The number of carbonyl (C=O) groups is 1. The maximum absolute atomic E-state index is 11.9. The molecule has 0 radical (unpaired) electrons. The number of aliphatic imine (C=N–C) groups is 1. The molecule has 3 N–H and O–H groups in total. The molecule has 1 aliphatic heterocycles. The maximum atomic E-state index is 11.9. The number of nitrogens with two attached hydrogens (primary N) is 1. The number of morpholine rings is 1. The summed E-state index contributed by atoms with van der Waals surface area (Å²) in [4.78, 5) is 17.8. The normalized spacial score (nSPS) is 15.2. The van der Waals surface area contributed by atoms with Crippen LogP contribution < -0.4 is 11.1 Å². The second kappa shape index (κ2) is 8.94. The van der Waals surface area contributed by atoms with Gasteiger partial charge in [0.05, 0.1) is 13.2 Å². The zero-order valence-electron chi connectivity index (χ0n) is 13.0. The molecule has 0 aliphatic carbocycles. The fourth-order valence-corrected chi connectivity index (χ4v) is 2.30. The second-order valence-corrected chi connectivity index (χ2v) is 5.20. The van der Waals surface area contributed by atoms with Gasteiger partial charge < -0.3 is 20.7 Å². The highest BCUT2D eigenvalue weighted by Crippen LogP contribution is 2.13. The Labute approximate surface area is 148 Å². The minimum Gasteiger partial charge on any atom is -0.378 e. The van der Waals surface area contributed by atoms with Crippen molar-refractivity contribution in [2.24, 2.45) is 10.7 Å². The number of guanidine groups is 1. The van der Waals surface area contributed by atoms with Crippen molar-refractivity contribution in [3.05, 3.63) is 29.3 Å². The molecule has 1 aliphatic rings. The van der Waals surface area contributed by atoms with Gasteiger partial charge in [0, 0.05) is 18.8 Å². The van der Waals surface area contributed by atoms with Crippen molar-refractivity contribution in [2.45, 2.75) is 13.8 Å². The first-order chi connectivity index (χ1) is 10.0. The van der Waals surface area contributed by atoms with E-state index in [1.165, 1.54) is 0 Å². The first-order valence-electron chi connectivity index (χ1n) is 7.05. The summed E-state index contributed by atoms with van der Waals surface area (Å²) in [7, 11) is 0. The number of ether oxygens (including phenoxy) is 1. The molecule has 1 saturated heterocycles. The van der Waals surface area contributed by atoms with Gasteiger partial charge in [0.1, 0.15) is 6.54 Å². The summed E-state index contributed by atoms with van der Waals surface area (Å²) in [6.45, 7) is 6.53. The van der Waals surface area contributed by atoms with Crippen LogP contribution in [0.1, 0.15) is 11.1 Å². The van der Waals surface area contributed by atoms with E-state index < -0.39 is 0 Å². The fourth-order valence-electron chi connectivity index (χ4n) is 2.30. The Kier molecular flexibility index (Phi) is 7.60. The third-order valence-corrected chi connectivity index (χ3v) is 3.24. The van der Waals surface area contributed by atoms with Crippen LogP contribution in [0.25, 0.3) is 0 Å². The van der Waals surface area contributed by atoms with Gasteiger partial charge in [-0.2, -0.15) is 0 Å². The molecule has 1 fully saturated rings. The van der Waals surface area contributed by atoms with Gasteiger partial charge in [-0.3, -0.25) is 4.79 Å². The van der Waals surface area contributed by atoms with E-state index in [4.69, 9.17) is 10.5 Å². The molecule has 0 atom stereocenters. The van der Waals surface area contributed by atoms with E-state index in [0.717, 1.165) is 16.8 Å². The first-order valence-corrected chi connectivity index (χ1v) is 7.05. The smallest absolute Gasteiger partial charge is 0.244 e. The number of hydrogen-bond acceptors (Lipinski definition) is 3. The summed E-state index contributed by atoms with van der Waals surface area (Å²) in [5.41, 5.74) is 9.00. The molecule has 0 saturated carbocycles. The van der Waals surface area contributed by atoms with E-state index in [1.807, 2.05) is 26.0 Å². The standard InChI is InChI=1S/C15H22N4O2.HI/c1-11-7-12(2)9-13(8-11)18-15(16)17-10-14(20)19-3-5-21-6-4-19;/h7-9H,3-6,10H2,1-2H3,(H3,16,17,18);1H. The predicted molar refractivity (Wildman–Crippen MR) is 98.8 cm³/mol. The van der Waals surface area contributed by atoms with Gasteiger partial charge in [0.15, 0.2) is 5.96 Å². The van der Waals surface area contributed by atoms with E-state index >= 15 is 0 Å². The largest absolute Gasteiger partial charge is 0.378 e. The molecule has 1 aromatic rings. The summed E-state index contributed by atoms with van der Waals surface area (Å²) in [6, 6.07) is 6.05. The lowest BCUT2D eigenvalue weighted by atomic mass is 10.1. The van der Waals surface area contributed by atoms with Crippen molar-refractivity contribution in [1.29, 1.82) is 0 Å². The zero-order chi connectivity index (χ0) is 15.2. The van der Waals surface area contributed by atoms with Crippen molar-refractivity contribution in [2.75, 3.05) is 38.2 Å². The van der Waals surface area contributed by atoms with Gasteiger partial charge in [-0.1, -0.05) is 6.07 Å². The molecular weight excluding hydrogens is 395 g/mol. The number of benzene rings is 1. The van der Waals surface area contributed by atoms with Crippen LogP contribution in [0.5, 0.6) is 0 Å². The highest BCUT2D eigenvalue weighted by molar-refractivity contribution is 14.0. The van der Waals surface area contributed by atoms with Gasteiger partial charge in [0.2, 0.25) is 5.91 Å². The Morgan fingerprint density at radius 2 is 1.86 bits per heavy atom. The van der Waals surface area contributed by atoms with Gasteiger partial charge in [-0.25, -0.2) is 4.99 Å². The Morgan fingerprint density at radius 3 is 2.45 bits per heavy atom. The number of carbonyl (C=O) groups excluding carboxylic acids is 1. The van der Waals surface area contributed by atoms with E-state index in [0.29, 0.717) is 26.3 Å². The molecule has 7 heteroatoms. The van der Waals surface area contributed by atoms with Crippen LogP contribution in [0, 0.1) is 13.8 Å². The van der Waals surface area contributed by atoms with Gasteiger partial charge in [0.25, 0.3) is 0 Å². The fraction of sp³-hybridized carbons (Fsp3) is 0.467. The van der Waals surface area contributed by atoms with E-state index in [9.17, 15) is 4.79 Å². The minimum absolute atomic E-state index is 0. The monoisotopic (exact) mass is 418 g/mol. The maximum Gasteiger partial charge on any atom is 0.244 e. The molecule has 6 nitrogen and oxygen atoms in total. The van der Waals surface area contributed by atoms with Crippen molar-refractivity contribution in [3.8, 4) is 0 Å². The third kappa shape index (κ3) is 5.80. The molecule has 0 bridgehead atoms. The molecule has 0 unspecified atom stereocenters. The van der Waals surface area contributed by atoms with E-state index in [-0.39, 0.29) is 42.4 Å². The number of halogens is 1. The molecule has 1 aromatic carbocycles. The van der Waals surface area contributed by atoms with Crippen molar-refractivity contribution in [1.82, 2.24) is 4.90 Å². The highest BCUT2D eigenvalue weighted by Gasteiger charge is 2.16. The van der Waals surface area contributed by atoms with Gasteiger partial charge in [-0.05, 0) is 37.1 Å². The lowest BCUT2D eigenvalue weighted by molar-refractivity contribution is -0.133. The van der Waals surface area contributed by atoms with Crippen LogP contribution in [-0.2, 0) is 9.53 Å². The molecule has 0 spiro atoms. The molecule has 2 rings (SSSR count). The molecule has 0 aromatic heterocycles. The quantitative estimate of drug-likeness (QED) is 0.443. The minimum atomic E-state index is -0.0246. The summed E-state index contributed by atoms with van der Waals surface area (Å²) in [5.74, 6) is 0.227. The average Bonchev–Trinajstić information content (AvgIpc) is 2.44. The first kappa shape index (κ1) is 18.7. The summed E-state index contributed by atoms with van der Waals surface area (Å²) < 4.78 is 5.21. The number of nitrogens with zero attached hydrogens (tertiary/aromatic N) is 2. The number of amides is 1. The Balaban J connectivity index is 0.00000242. The number of nitrogens with one attached hydrogen (secondary N) is 1. The van der Waals surface area contributed by atoms with Crippen molar-refractivity contribution < 1.29 is 9.53 Å². The number of rotatable bonds is 3. The van der Waals surface area contributed by atoms with Gasteiger partial charge >= 0.3 is 0 Å². The second-order valence-electron chi connectivity index (χ2n) is 5.20. The average molecular weight is 418 g/mol.